The molecule has 3 aromatic rings. The number of benzene rings is 1. The summed E-state index contributed by atoms with van der Waals surface area (Å²) < 4.78 is 6.02. The third-order valence-electron chi connectivity index (χ3n) is 7.13. The van der Waals surface area contributed by atoms with E-state index in [1.165, 1.54) is 19.3 Å². The number of hydrogen-bond acceptors (Lipinski definition) is 8. The maximum absolute atomic E-state index is 13.0. The molecule has 0 spiro atoms. The van der Waals surface area contributed by atoms with E-state index < -0.39 is 6.10 Å². The maximum Gasteiger partial charge on any atom is 0.251 e. The van der Waals surface area contributed by atoms with Crippen molar-refractivity contribution in [2.75, 3.05) is 36.1 Å². The van der Waals surface area contributed by atoms with E-state index in [9.17, 15) is 4.79 Å². The van der Waals surface area contributed by atoms with Gasteiger partial charge in [0, 0.05) is 30.1 Å². The van der Waals surface area contributed by atoms with E-state index in [4.69, 9.17) is 15.5 Å². The van der Waals surface area contributed by atoms with Gasteiger partial charge in [0.15, 0.2) is 11.9 Å². The van der Waals surface area contributed by atoms with Gasteiger partial charge in [-0.2, -0.15) is 10.1 Å². The molecule has 1 amide bonds. The Bertz CT molecular complexity index is 1190. The molecule has 0 radical (unpaired) electrons. The van der Waals surface area contributed by atoms with Crippen LogP contribution in [-0.2, 0) is 9.53 Å². The van der Waals surface area contributed by atoms with E-state index in [1.807, 2.05) is 24.3 Å². The Morgan fingerprint density at radius 1 is 1.23 bits per heavy atom. The van der Waals surface area contributed by atoms with Crippen LogP contribution in [0.25, 0.3) is 22.2 Å². The quantitative estimate of drug-likeness (QED) is 0.425. The summed E-state index contributed by atoms with van der Waals surface area (Å²) in [5.74, 6) is 1.74. The van der Waals surface area contributed by atoms with E-state index in [0.717, 1.165) is 47.2 Å². The number of nitrogens with one attached hydrogen (secondary N) is 3. The number of hydrogen-bond donors (Lipinski definition) is 4. The predicted molar refractivity (Wildman–Crippen MR) is 137 cm³/mol. The number of nitrogens with zero attached hydrogens (tertiary/aromatic N) is 4. The topological polar surface area (TPSA) is 134 Å². The van der Waals surface area contributed by atoms with Crippen molar-refractivity contribution in [3.8, 4) is 11.3 Å². The second-order valence-electron chi connectivity index (χ2n) is 9.43. The first-order valence-corrected chi connectivity index (χ1v) is 12.5. The molecule has 5 rings (SSSR count). The Balaban J connectivity index is 1.42. The maximum atomic E-state index is 13.0. The SMILES string of the molecule is CC[C@@H]1CO[C@H](C(=O)NC2CCCCC2)CN1c1cc(-c2ccc3c(N)n[nH]c3c2)nc(NC)n1. The summed E-state index contributed by atoms with van der Waals surface area (Å²) in [4.78, 5) is 24.7. The third kappa shape index (κ3) is 4.88. The lowest BCUT2D eigenvalue weighted by Crippen LogP contribution is -2.56. The molecule has 186 valence electrons. The van der Waals surface area contributed by atoms with E-state index in [0.29, 0.717) is 24.9 Å². The standard InChI is InChI=1S/C25H34N8O2/c1-3-17-14-35-21(24(34)28-16-7-5-4-6-8-16)13-33(17)22-12-19(29-25(27-2)30-22)15-9-10-18-20(11-15)31-32-23(18)26/h9-12,16-17,21H,3-8,13-14H2,1-2H3,(H,28,34)(H3,26,31,32)(H,27,29,30)/t17-,21+/m1/s1. The van der Waals surface area contributed by atoms with Crippen molar-refractivity contribution in [3.63, 3.8) is 0 Å². The number of nitrogen functional groups attached to an aromatic ring is 1. The first kappa shape index (κ1) is 23.3. The normalized spacial score (nSPS) is 21.3. The lowest BCUT2D eigenvalue weighted by Gasteiger charge is -2.40. The lowest BCUT2D eigenvalue weighted by atomic mass is 9.95. The predicted octanol–water partition coefficient (Wildman–Crippen LogP) is 3.08. The van der Waals surface area contributed by atoms with Crippen molar-refractivity contribution < 1.29 is 9.53 Å². The fraction of sp³-hybridized carbons (Fsp3) is 0.520. The molecule has 1 aliphatic carbocycles. The molecule has 2 aromatic heterocycles. The van der Waals surface area contributed by atoms with Crippen LogP contribution in [-0.4, -0.2) is 64.5 Å². The first-order chi connectivity index (χ1) is 17.1. The number of nitrogens with two attached hydrogens (primary N) is 1. The summed E-state index contributed by atoms with van der Waals surface area (Å²) in [5, 5.41) is 14.2. The number of morpholine rings is 1. The number of fused-ring (bicyclic) bond motifs is 1. The molecule has 35 heavy (non-hydrogen) atoms. The number of aromatic amines is 1. The van der Waals surface area contributed by atoms with Gasteiger partial charge in [0.1, 0.15) is 5.82 Å². The minimum Gasteiger partial charge on any atom is -0.382 e. The summed E-state index contributed by atoms with van der Waals surface area (Å²) in [6.45, 7) is 3.06. The Morgan fingerprint density at radius 2 is 2.06 bits per heavy atom. The number of rotatable bonds is 6. The highest BCUT2D eigenvalue weighted by Crippen LogP contribution is 2.30. The van der Waals surface area contributed by atoms with E-state index >= 15 is 0 Å². The van der Waals surface area contributed by atoms with E-state index in [1.54, 1.807) is 7.05 Å². The molecule has 2 fully saturated rings. The number of amides is 1. The average Bonchev–Trinajstić information content (AvgIpc) is 3.28. The van der Waals surface area contributed by atoms with Gasteiger partial charge in [-0.1, -0.05) is 32.3 Å². The van der Waals surface area contributed by atoms with Gasteiger partial charge >= 0.3 is 0 Å². The largest absolute Gasteiger partial charge is 0.382 e. The highest BCUT2D eigenvalue weighted by molar-refractivity contribution is 5.91. The number of anilines is 3. The van der Waals surface area contributed by atoms with Crippen LogP contribution >= 0.6 is 0 Å². The molecule has 1 saturated carbocycles. The van der Waals surface area contributed by atoms with Crippen molar-refractivity contribution in [3.05, 3.63) is 24.3 Å². The zero-order valence-corrected chi connectivity index (χ0v) is 20.4. The third-order valence-corrected chi connectivity index (χ3v) is 7.13. The molecular weight excluding hydrogens is 444 g/mol. The molecule has 3 heterocycles. The Morgan fingerprint density at radius 3 is 2.83 bits per heavy atom. The summed E-state index contributed by atoms with van der Waals surface area (Å²) in [6, 6.07) is 8.27. The molecule has 2 atom stereocenters. The van der Waals surface area contributed by atoms with Crippen molar-refractivity contribution >= 4 is 34.4 Å². The molecule has 1 saturated heterocycles. The summed E-state index contributed by atoms with van der Waals surface area (Å²) in [5.41, 5.74) is 8.48. The highest BCUT2D eigenvalue weighted by atomic mass is 16.5. The van der Waals surface area contributed by atoms with Gasteiger partial charge in [0.2, 0.25) is 5.95 Å². The summed E-state index contributed by atoms with van der Waals surface area (Å²) >= 11 is 0. The Labute approximate surface area is 205 Å². The van der Waals surface area contributed by atoms with Gasteiger partial charge in [-0.3, -0.25) is 9.89 Å². The van der Waals surface area contributed by atoms with Gasteiger partial charge in [-0.15, -0.1) is 0 Å². The average molecular weight is 479 g/mol. The number of H-pyrrole nitrogens is 1. The van der Waals surface area contributed by atoms with Crippen LogP contribution < -0.4 is 21.3 Å². The van der Waals surface area contributed by atoms with Crippen molar-refractivity contribution in [2.45, 2.75) is 63.6 Å². The van der Waals surface area contributed by atoms with Gasteiger partial charge in [-0.05, 0) is 31.4 Å². The van der Waals surface area contributed by atoms with Crippen LogP contribution in [0.2, 0.25) is 0 Å². The van der Waals surface area contributed by atoms with Gasteiger partial charge < -0.3 is 26.0 Å². The minimum atomic E-state index is -0.527. The number of aromatic nitrogens is 4. The van der Waals surface area contributed by atoms with Gasteiger partial charge in [-0.25, -0.2) is 4.98 Å². The molecule has 1 aliphatic heterocycles. The fourth-order valence-corrected chi connectivity index (χ4v) is 5.06. The second kappa shape index (κ2) is 10.1. The monoisotopic (exact) mass is 478 g/mol. The van der Waals surface area contributed by atoms with Crippen molar-refractivity contribution in [1.29, 1.82) is 0 Å². The van der Waals surface area contributed by atoms with Gasteiger partial charge in [0.05, 0.1) is 30.4 Å². The molecule has 10 nitrogen and oxygen atoms in total. The van der Waals surface area contributed by atoms with Crippen LogP contribution in [0.15, 0.2) is 24.3 Å². The van der Waals surface area contributed by atoms with Crippen LogP contribution in [0.5, 0.6) is 0 Å². The Hall–Kier alpha value is -3.40. The van der Waals surface area contributed by atoms with Crippen LogP contribution in [0.1, 0.15) is 45.4 Å². The van der Waals surface area contributed by atoms with Crippen LogP contribution in [0.4, 0.5) is 17.6 Å². The second-order valence-corrected chi connectivity index (χ2v) is 9.43. The summed E-state index contributed by atoms with van der Waals surface area (Å²) in [6.07, 6.45) is 6.05. The molecular formula is C25H34N8O2. The minimum absolute atomic E-state index is 0.0261. The van der Waals surface area contributed by atoms with Crippen LogP contribution in [0, 0.1) is 0 Å². The highest BCUT2D eigenvalue weighted by Gasteiger charge is 2.34. The zero-order chi connectivity index (χ0) is 24.4. The van der Waals surface area contributed by atoms with Crippen molar-refractivity contribution in [2.24, 2.45) is 0 Å². The molecule has 5 N–H and O–H groups in total. The van der Waals surface area contributed by atoms with Crippen LogP contribution in [0.3, 0.4) is 0 Å². The number of ether oxygens (including phenoxy) is 1. The lowest BCUT2D eigenvalue weighted by molar-refractivity contribution is -0.135. The molecule has 0 bridgehead atoms. The molecule has 1 aromatic carbocycles. The molecule has 0 unspecified atom stereocenters. The molecule has 2 aliphatic rings. The van der Waals surface area contributed by atoms with E-state index in [2.05, 4.69) is 37.6 Å². The molecule has 10 heteroatoms. The first-order valence-electron chi connectivity index (χ1n) is 12.5. The Kier molecular flexibility index (Phi) is 6.72. The summed E-state index contributed by atoms with van der Waals surface area (Å²) in [7, 11) is 1.80. The van der Waals surface area contributed by atoms with E-state index in [-0.39, 0.29) is 18.0 Å². The zero-order valence-electron chi connectivity index (χ0n) is 20.4. The van der Waals surface area contributed by atoms with Gasteiger partial charge in [0.25, 0.3) is 5.91 Å². The fourth-order valence-electron chi connectivity index (χ4n) is 5.06. The smallest absolute Gasteiger partial charge is 0.251 e. The van der Waals surface area contributed by atoms with Crippen molar-refractivity contribution in [1.82, 2.24) is 25.5 Å². The number of carbonyl (C=O) groups is 1. The number of carbonyl (C=O) groups excluding carboxylic acids is 1.